The van der Waals surface area contributed by atoms with E-state index in [-0.39, 0.29) is 22.3 Å². The third-order valence-corrected chi connectivity index (χ3v) is 12.8. The molecule has 0 fully saturated rings. The van der Waals surface area contributed by atoms with Crippen LogP contribution in [0.2, 0.25) is 0 Å². The van der Waals surface area contributed by atoms with Crippen LogP contribution in [0.25, 0.3) is 22.3 Å². The van der Waals surface area contributed by atoms with E-state index in [1.165, 1.54) is 48.5 Å². The molecule has 4 aliphatic heterocycles. The lowest BCUT2D eigenvalue weighted by Crippen LogP contribution is -2.30. The van der Waals surface area contributed by atoms with Crippen molar-refractivity contribution in [3.05, 3.63) is 224 Å². The van der Waals surface area contributed by atoms with Gasteiger partial charge in [-0.05, 0) is 119 Å². The third kappa shape index (κ3) is 6.02. The predicted octanol–water partition coefficient (Wildman–Crippen LogP) is 7.35. The molecule has 4 aromatic carbocycles. The third-order valence-electron chi connectivity index (χ3n) is 11.1. The number of hydrogen-bond donors (Lipinski definition) is 4. The molecule has 298 valence electrons. The molecule has 0 saturated heterocycles. The Labute approximate surface area is 352 Å². The fourth-order valence-electron chi connectivity index (χ4n) is 8.25. The van der Waals surface area contributed by atoms with E-state index in [2.05, 4.69) is 0 Å². The van der Waals surface area contributed by atoms with Gasteiger partial charge >= 0.3 is 23.9 Å². The van der Waals surface area contributed by atoms with Gasteiger partial charge in [0.15, 0.2) is 0 Å². The predicted molar refractivity (Wildman–Crippen MR) is 235 cm³/mol. The van der Waals surface area contributed by atoms with Crippen LogP contribution in [0, 0.1) is 6.13 Å². The molecule has 0 spiro atoms. The van der Waals surface area contributed by atoms with Crippen LogP contribution in [0.5, 0.6) is 0 Å². The molecular formula is C49H29N4O8P. The summed E-state index contributed by atoms with van der Waals surface area (Å²) in [6.45, 7) is 0. The van der Waals surface area contributed by atoms with Crippen LogP contribution >= 0.6 is 7.68 Å². The zero-order chi connectivity index (χ0) is 43.0. The number of benzene rings is 4. The number of aliphatic imine (C=N–C) groups is 2. The highest BCUT2D eigenvalue weighted by atomic mass is 31.1. The number of carboxylic acids is 4. The molecule has 12 nitrogen and oxygen atoms in total. The van der Waals surface area contributed by atoms with Gasteiger partial charge in [0.2, 0.25) is 0 Å². The molecule has 1 unspecified atom stereocenters. The van der Waals surface area contributed by atoms with Crippen molar-refractivity contribution in [2.24, 2.45) is 9.98 Å². The van der Waals surface area contributed by atoms with E-state index < -0.39 is 31.6 Å². The summed E-state index contributed by atoms with van der Waals surface area (Å²) in [6.07, 6.45) is 15.3. The van der Waals surface area contributed by atoms with E-state index in [4.69, 9.17) is 16.1 Å². The van der Waals surface area contributed by atoms with E-state index in [9.17, 15) is 39.6 Å². The molecule has 13 heteroatoms. The summed E-state index contributed by atoms with van der Waals surface area (Å²) in [4.78, 5) is 58.4. The summed E-state index contributed by atoms with van der Waals surface area (Å²) in [5, 5.41) is 40.5. The van der Waals surface area contributed by atoms with Gasteiger partial charge in [0.25, 0.3) is 0 Å². The zero-order valence-corrected chi connectivity index (χ0v) is 33.0. The van der Waals surface area contributed by atoms with Crippen LogP contribution < -0.4 is 10.7 Å². The number of allylic oxidation sites excluding steroid dienone is 4. The van der Waals surface area contributed by atoms with Crippen molar-refractivity contribution in [2.75, 3.05) is 0 Å². The van der Waals surface area contributed by atoms with Crippen molar-refractivity contribution in [1.29, 1.82) is 0 Å². The largest absolute Gasteiger partial charge is 0.478 e. The van der Waals surface area contributed by atoms with Crippen LogP contribution in [0.3, 0.4) is 0 Å². The topological polar surface area (TPSA) is 184 Å². The summed E-state index contributed by atoms with van der Waals surface area (Å²) in [5.41, 5.74) is 9.22. The molecule has 6 bridgehead atoms. The molecule has 0 saturated carbocycles. The summed E-state index contributed by atoms with van der Waals surface area (Å²) < 4.78 is 4.05. The van der Waals surface area contributed by atoms with Crippen LogP contribution in [0.1, 0.15) is 75.1 Å². The van der Waals surface area contributed by atoms with E-state index in [0.717, 1.165) is 0 Å². The maximum Gasteiger partial charge on any atom is 0.335 e. The van der Waals surface area contributed by atoms with Gasteiger partial charge in [-0.1, -0.05) is 48.5 Å². The molecule has 0 radical (unpaired) electrons. The summed E-state index contributed by atoms with van der Waals surface area (Å²) in [5.74, 6) is -4.31. The van der Waals surface area contributed by atoms with Crippen LogP contribution in [-0.4, -0.2) is 64.4 Å². The molecule has 1 atom stereocenters. The Balaban J connectivity index is 1.39. The van der Waals surface area contributed by atoms with Crippen LogP contribution in [0.15, 0.2) is 167 Å². The lowest BCUT2D eigenvalue weighted by molar-refractivity contribution is 0.0686. The van der Waals surface area contributed by atoms with Crippen LogP contribution in [0.4, 0.5) is 0 Å². The second-order valence-electron chi connectivity index (χ2n) is 14.6. The summed E-state index contributed by atoms with van der Waals surface area (Å²) in [6, 6.07) is 33.8. The Hall–Kier alpha value is -8.56. The summed E-state index contributed by atoms with van der Waals surface area (Å²) in [7, 11) is -2.02. The number of carboxylic acid groups (broad SMARTS) is 4. The lowest BCUT2D eigenvalue weighted by atomic mass is 9.99. The zero-order valence-electron chi connectivity index (χ0n) is 32.1. The smallest absolute Gasteiger partial charge is 0.335 e. The Kier molecular flexibility index (Phi) is 8.71. The molecule has 0 amide bonds. The maximum absolute atomic E-state index is 12.0. The summed E-state index contributed by atoms with van der Waals surface area (Å²) >= 11 is 0. The van der Waals surface area contributed by atoms with Crippen molar-refractivity contribution in [3.8, 4) is 6.13 Å². The number of carbonyl (C=O) groups is 4. The highest BCUT2D eigenvalue weighted by molar-refractivity contribution is 7.43. The van der Waals surface area contributed by atoms with Gasteiger partial charge in [-0.2, -0.15) is 0 Å². The van der Waals surface area contributed by atoms with E-state index >= 15 is 0 Å². The van der Waals surface area contributed by atoms with Gasteiger partial charge in [-0.3, -0.25) is 8.68 Å². The molecule has 4 N–H and O–H groups in total. The minimum Gasteiger partial charge on any atom is -0.478 e. The molecule has 0 aliphatic carbocycles. The molecule has 10 rings (SSSR count). The number of fused-ring (bicyclic) bond motifs is 2. The fraction of sp³-hybridized carbons (Fsp3) is 0. The second-order valence-corrected chi connectivity index (χ2v) is 16.1. The minimum atomic E-state index is -2.02. The molecule has 6 heterocycles. The maximum atomic E-state index is 12.0. The second kappa shape index (κ2) is 14.3. The standard InChI is InChI=1S/C49H29N4O8P/c1-62-52-38-22-23-39(52)44(28-6-14-32(15-7-28)48(58)59)36-20-21-37(51-36)45(29-8-16-33(17-9-29)49(60)61)41-25-24-40(53(41)62)43(27-4-12-31(13-5-27)47(56)57)35-19-18-34(50-35)42(38)26-2-10-30(11-3-26)46(54)55/h1-25H,(H,54,55)(H,56,57)(H,58,59)(H,60,61). The Morgan fingerprint density at radius 2 is 0.710 bits per heavy atom. The molecule has 4 aliphatic rings. The minimum absolute atomic E-state index is 0.102. The van der Waals surface area contributed by atoms with Gasteiger partial charge in [-0.15, -0.1) is 6.13 Å². The average Bonchev–Trinajstić information content (AvgIpc) is 4.11. The SMILES string of the molecule is C#P1n2c3ccc2C(c2ccc(C(=O)O)cc2)=C2C=CC(=N2)C(c2ccc(C(=O)O)cc2)=c2ccc(n21)=C(c1ccc(C(=O)O)cc1)C1=NC(=C3c2ccc(C(=O)O)cc2)C=C1. The first-order valence-corrected chi connectivity index (χ1v) is 20.4. The molecular weight excluding hydrogens is 804 g/mol. The number of aromatic nitrogens is 2. The fourth-order valence-corrected chi connectivity index (χ4v) is 9.98. The Morgan fingerprint density at radius 1 is 0.403 bits per heavy atom. The van der Waals surface area contributed by atoms with Crippen molar-refractivity contribution < 1.29 is 39.6 Å². The lowest BCUT2D eigenvalue weighted by Gasteiger charge is -2.23. The van der Waals surface area contributed by atoms with Gasteiger partial charge in [0.1, 0.15) is 7.68 Å². The monoisotopic (exact) mass is 832 g/mol. The van der Waals surface area contributed by atoms with Gasteiger partial charge in [-0.25, -0.2) is 29.2 Å². The van der Waals surface area contributed by atoms with Gasteiger partial charge in [0.05, 0.1) is 67.2 Å². The first kappa shape index (κ1) is 37.7. The van der Waals surface area contributed by atoms with Gasteiger partial charge < -0.3 is 20.4 Å². The van der Waals surface area contributed by atoms with E-state index in [1.54, 1.807) is 48.5 Å². The van der Waals surface area contributed by atoms with E-state index in [0.29, 0.717) is 89.4 Å². The van der Waals surface area contributed by atoms with Crippen molar-refractivity contribution in [2.45, 2.75) is 0 Å². The number of hydrogen-bond acceptors (Lipinski definition) is 6. The molecule has 6 aromatic rings. The first-order chi connectivity index (χ1) is 30.0. The van der Waals surface area contributed by atoms with Gasteiger partial charge in [0, 0.05) is 22.3 Å². The number of rotatable bonds is 8. The van der Waals surface area contributed by atoms with Crippen molar-refractivity contribution >= 4 is 65.3 Å². The first-order valence-electron chi connectivity index (χ1n) is 19.1. The van der Waals surface area contributed by atoms with Crippen LogP contribution in [-0.2, 0) is 0 Å². The van der Waals surface area contributed by atoms with E-state index in [1.807, 2.05) is 57.2 Å². The number of nitrogens with zero attached hydrogens (tertiary/aromatic N) is 4. The Bertz CT molecular complexity index is 3220. The Morgan fingerprint density at radius 3 is 1.02 bits per heavy atom. The van der Waals surface area contributed by atoms with Crippen molar-refractivity contribution in [3.63, 3.8) is 0 Å². The normalized spacial score (nSPS) is 15.4. The molecule has 2 aromatic heterocycles. The number of aromatic carboxylic acids is 4. The quantitative estimate of drug-likeness (QED) is 0.115. The average molecular weight is 833 g/mol. The highest BCUT2D eigenvalue weighted by Gasteiger charge is 2.30. The van der Waals surface area contributed by atoms with Crippen molar-refractivity contribution in [1.82, 2.24) is 8.68 Å². The highest BCUT2D eigenvalue weighted by Crippen LogP contribution is 2.44. The molecule has 62 heavy (non-hydrogen) atoms.